The van der Waals surface area contributed by atoms with Crippen molar-refractivity contribution < 1.29 is 9.59 Å². The lowest BCUT2D eigenvalue weighted by Gasteiger charge is -2.07. The summed E-state index contributed by atoms with van der Waals surface area (Å²) in [5.41, 5.74) is 2.90. The van der Waals surface area contributed by atoms with E-state index in [1.165, 1.54) is 13.8 Å². The summed E-state index contributed by atoms with van der Waals surface area (Å²) in [7, 11) is 2.63. The van der Waals surface area contributed by atoms with E-state index in [0.29, 0.717) is 6.54 Å². The van der Waals surface area contributed by atoms with Crippen molar-refractivity contribution in [3.8, 4) is 0 Å². The molecule has 1 aromatic heterocycles. The molecule has 0 aliphatic rings. The predicted molar refractivity (Wildman–Crippen MR) is 84.3 cm³/mol. The molecule has 2 amide bonds. The van der Waals surface area contributed by atoms with Crippen LogP contribution in [0.15, 0.2) is 18.3 Å². The van der Waals surface area contributed by atoms with E-state index in [-0.39, 0.29) is 11.8 Å². The number of aromatic nitrogens is 1. The number of carbonyl (C=O) groups is 2. The summed E-state index contributed by atoms with van der Waals surface area (Å²) in [6, 6.07) is 3.94. The maximum atomic E-state index is 11.1. The summed E-state index contributed by atoms with van der Waals surface area (Å²) in [6.45, 7) is 3.61. The molecule has 5 nitrogen and oxygen atoms in total. The zero-order valence-corrected chi connectivity index (χ0v) is 12.7. The van der Waals surface area contributed by atoms with E-state index >= 15 is 0 Å². The van der Waals surface area contributed by atoms with E-state index in [1.54, 1.807) is 0 Å². The summed E-state index contributed by atoms with van der Waals surface area (Å²) in [5, 5.41) is 7.63. The summed E-state index contributed by atoms with van der Waals surface area (Å²) in [4.78, 5) is 25.2. The number of carbonyl (C=O) groups excluding carboxylic acids is 2. The molecular weight excluding hydrogens is 273 g/mol. The predicted octanol–water partition coefficient (Wildman–Crippen LogP) is 1.31. The van der Waals surface area contributed by atoms with Crippen LogP contribution in [0, 0.1) is 0 Å². The molecule has 2 aromatic rings. The first-order valence-electron chi connectivity index (χ1n) is 6.39. The highest BCUT2D eigenvalue weighted by atomic mass is 31.0. The Hall–Kier alpha value is -1.87. The van der Waals surface area contributed by atoms with Crippen molar-refractivity contribution in [2.24, 2.45) is 0 Å². The Morgan fingerprint density at radius 1 is 1.25 bits per heavy atom. The number of amides is 2. The number of rotatable bonds is 4. The normalized spacial score (nSPS) is 10.6. The smallest absolute Gasteiger partial charge is 0.221 e. The second kappa shape index (κ2) is 6.06. The van der Waals surface area contributed by atoms with Gasteiger partial charge in [0.05, 0.1) is 0 Å². The number of nitrogens with one attached hydrogen (secondary N) is 3. The van der Waals surface area contributed by atoms with Crippen molar-refractivity contribution in [1.29, 1.82) is 0 Å². The van der Waals surface area contributed by atoms with Gasteiger partial charge in [-0.05, 0) is 29.4 Å². The molecule has 1 unspecified atom stereocenters. The Labute approximate surface area is 119 Å². The minimum absolute atomic E-state index is 0.0236. The van der Waals surface area contributed by atoms with E-state index in [1.807, 2.05) is 18.3 Å². The number of aromatic amines is 1. The molecule has 0 saturated heterocycles. The summed E-state index contributed by atoms with van der Waals surface area (Å²) >= 11 is 0. The van der Waals surface area contributed by atoms with Crippen LogP contribution in [0.5, 0.6) is 0 Å². The molecule has 0 bridgehead atoms. The number of H-pyrrole nitrogens is 1. The van der Waals surface area contributed by atoms with Crippen molar-refractivity contribution in [2.45, 2.75) is 20.3 Å². The van der Waals surface area contributed by atoms with Crippen molar-refractivity contribution in [2.75, 3.05) is 11.9 Å². The Kier molecular flexibility index (Phi) is 4.40. The molecule has 6 heteroatoms. The molecule has 0 saturated carbocycles. The molecule has 3 N–H and O–H groups in total. The molecule has 0 radical (unpaired) electrons. The van der Waals surface area contributed by atoms with Crippen LogP contribution in [0.2, 0.25) is 0 Å². The molecule has 0 aliphatic heterocycles. The fourth-order valence-electron chi connectivity index (χ4n) is 2.12. The number of anilines is 1. The average molecular weight is 291 g/mol. The molecule has 20 heavy (non-hydrogen) atoms. The molecule has 2 rings (SSSR count). The molecule has 1 atom stereocenters. The van der Waals surface area contributed by atoms with E-state index in [0.717, 1.165) is 33.9 Å². The van der Waals surface area contributed by atoms with Gasteiger partial charge in [0, 0.05) is 43.2 Å². The van der Waals surface area contributed by atoms with Crippen LogP contribution in [0.25, 0.3) is 10.9 Å². The van der Waals surface area contributed by atoms with Gasteiger partial charge in [-0.3, -0.25) is 9.59 Å². The second-order valence-corrected chi connectivity index (χ2v) is 5.34. The number of hydrogen-bond acceptors (Lipinski definition) is 2. The van der Waals surface area contributed by atoms with Gasteiger partial charge in [-0.25, -0.2) is 0 Å². The van der Waals surface area contributed by atoms with E-state index in [9.17, 15) is 9.59 Å². The monoisotopic (exact) mass is 291 g/mol. The Bertz CT molecular complexity index is 664. The average Bonchev–Trinajstić information content (AvgIpc) is 2.71. The maximum Gasteiger partial charge on any atom is 0.221 e. The lowest BCUT2D eigenvalue weighted by Crippen LogP contribution is -2.22. The first-order chi connectivity index (χ1) is 9.47. The summed E-state index contributed by atoms with van der Waals surface area (Å²) in [6.07, 6.45) is 2.71. The SMILES string of the molecule is CC(=O)NCCc1c[nH]c2cc(NC(C)=O)c(P)cc12. The van der Waals surface area contributed by atoms with E-state index < -0.39 is 0 Å². The largest absolute Gasteiger partial charge is 0.361 e. The minimum atomic E-state index is -0.0921. The zero-order chi connectivity index (χ0) is 14.7. The second-order valence-electron chi connectivity index (χ2n) is 4.71. The first kappa shape index (κ1) is 14.5. The van der Waals surface area contributed by atoms with Gasteiger partial charge < -0.3 is 15.6 Å². The number of hydrogen-bond donors (Lipinski definition) is 3. The van der Waals surface area contributed by atoms with Crippen LogP contribution in [0.4, 0.5) is 5.69 Å². The van der Waals surface area contributed by atoms with Crippen molar-refractivity contribution in [3.05, 3.63) is 23.9 Å². The van der Waals surface area contributed by atoms with Crippen LogP contribution < -0.4 is 15.9 Å². The van der Waals surface area contributed by atoms with Crippen LogP contribution >= 0.6 is 9.24 Å². The quantitative estimate of drug-likeness (QED) is 0.743. The Morgan fingerprint density at radius 2 is 2.00 bits per heavy atom. The lowest BCUT2D eigenvalue weighted by atomic mass is 10.1. The van der Waals surface area contributed by atoms with E-state index in [2.05, 4.69) is 24.9 Å². The van der Waals surface area contributed by atoms with Gasteiger partial charge in [0.1, 0.15) is 0 Å². The third kappa shape index (κ3) is 3.36. The summed E-state index contributed by atoms with van der Waals surface area (Å²) in [5.74, 6) is -0.116. The number of benzene rings is 1. The third-order valence-corrected chi connectivity index (χ3v) is 3.49. The Balaban J connectivity index is 2.25. The molecule has 106 valence electrons. The summed E-state index contributed by atoms with van der Waals surface area (Å²) < 4.78 is 0. The van der Waals surface area contributed by atoms with Crippen LogP contribution in [-0.2, 0) is 16.0 Å². The van der Waals surface area contributed by atoms with Crippen LogP contribution in [0.1, 0.15) is 19.4 Å². The zero-order valence-electron chi connectivity index (χ0n) is 11.5. The van der Waals surface area contributed by atoms with Crippen molar-refractivity contribution in [3.63, 3.8) is 0 Å². The molecule has 0 aliphatic carbocycles. The van der Waals surface area contributed by atoms with Gasteiger partial charge in [0.15, 0.2) is 0 Å². The topological polar surface area (TPSA) is 74.0 Å². The van der Waals surface area contributed by atoms with Gasteiger partial charge in [-0.15, -0.1) is 9.24 Å². The van der Waals surface area contributed by atoms with Crippen molar-refractivity contribution >= 4 is 42.9 Å². The van der Waals surface area contributed by atoms with Crippen molar-refractivity contribution in [1.82, 2.24) is 10.3 Å². The maximum absolute atomic E-state index is 11.1. The standard InChI is InChI=1S/C14H18N3O2P/c1-8(18)15-4-3-10-7-16-12-6-13(17-9(2)19)14(20)5-11(10)12/h5-7,16H,3-4,20H2,1-2H3,(H,15,18)(H,17,19). The molecular formula is C14H18N3O2P. The Morgan fingerprint density at radius 3 is 2.65 bits per heavy atom. The highest BCUT2D eigenvalue weighted by molar-refractivity contribution is 7.28. The molecule has 0 spiro atoms. The van der Waals surface area contributed by atoms with Crippen LogP contribution in [0.3, 0.4) is 0 Å². The van der Waals surface area contributed by atoms with Gasteiger partial charge in [-0.1, -0.05) is 0 Å². The van der Waals surface area contributed by atoms with E-state index in [4.69, 9.17) is 0 Å². The van der Waals surface area contributed by atoms with Gasteiger partial charge in [0.25, 0.3) is 0 Å². The molecule has 1 heterocycles. The minimum Gasteiger partial charge on any atom is -0.361 e. The third-order valence-electron chi connectivity index (χ3n) is 3.02. The molecule has 0 fully saturated rings. The van der Waals surface area contributed by atoms with Gasteiger partial charge >= 0.3 is 0 Å². The highest BCUT2D eigenvalue weighted by Gasteiger charge is 2.08. The lowest BCUT2D eigenvalue weighted by molar-refractivity contribution is -0.119. The fourth-order valence-corrected chi connectivity index (χ4v) is 2.44. The van der Waals surface area contributed by atoms with Crippen LogP contribution in [-0.4, -0.2) is 23.3 Å². The highest BCUT2D eigenvalue weighted by Crippen LogP contribution is 2.22. The fraction of sp³-hybridized carbons (Fsp3) is 0.286. The number of fused-ring (bicyclic) bond motifs is 1. The molecule has 1 aromatic carbocycles. The first-order valence-corrected chi connectivity index (χ1v) is 6.96. The van der Waals surface area contributed by atoms with Gasteiger partial charge in [0.2, 0.25) is 11.8 Å². The van der Waals surface area contributed by atoms with Gasteiger partial charge in [-0.2, -0.15) is 0 Å².